The van der Waals surface area contributed by atoms with Crippen molar-refractivity contribution >= 4 is 12.2 Å². The van der Waals surface area contributed by atoms with E-state index in [2.05, 4.69) is 4.98 Å². The van der Waals surface area contributed by atoms with Crippen LogP contribution >= 0.6 is 0 Å². The Bertz CT molecular complexity index is 1060. The number of fused-ring (bicyclic) bond motifs is 1. The summed E-state index contributed by atoms with van der Waals surface area (Å²) in [5.74, 6) is 0. The van der Waals surface area contributed by atoms with Gasteiger partial charge in [-0.05, 0) is 41.0 Å². The lowest BCUT2D eigenvalue weighted by Crippen LogP contribution is -2.34. The summed E-state index contributed by atoms with van der Waals surface area (Å²) in [4.78, 5) is 18.6. The summed E-state index contributed by atoms with van der Waals surface area (Å²) in [7, 11) is 0. The molecule has 0 radical (unpaired) electrons. The van der Waals surface area contributed by atoms with Gasteiger partial charge in [-0.15, -0.1) is 0 Å². The topological polar surface area (TPSA) is 42.4 Å². The molecule has 0 bridgehead atoms. The van der Waals surface area contributed by atoms with E-state index in [1.165, 1.54) is 17.0 Å². The van der Waals surface area contributed by atoms with Gasteiger partial charge in [-0.3, -0.25) is 9.88 Å². The predicted octanol–water partition coefficient (Wildman–Crippen LogP) is 5.81. The smallest absolute Gasteiger partial charge is 0.416 e. The molecule has 1 aliphatic heterocycles. The van der Waals surface area contributed by atoms with E-state index in [9.17, 15) is 18.0 Å². The lowest BCUT2D eigenvalue weighted by Gasteiger charge is -2.32. The van der Waals surface area contributed by atoms with Crippen molar-refractivity contribution in [2.24, 2.45) is 0 Å². The third kappa shape index (κ3) is 4.05. The van der Waals surface area contributed by atoms with Crippen LogP contribution in [0.15, 0.2) is 79.1 Å². The highest BCUT2D eigenvalue weighted by atomic mass is 19.4. The number of rotatable bonds is 3. The minimum absolute atomic E-state index is 0.0822. The van der Waals surface area contributed by atoms with Crippen LogP contribution in [0.25, 0.3) is 6.08 Å². The quantitative estimate of drug-likeness (QED) is 0.547. The molecule has 1 aromatic heterocycles. The third-order valence-corrected chi connectivity index (χ3v) is 4.79. The Balaban J connectivity index is 1.64. The van der Waals surface area contributed by atoms with Gasteiger partial charge in [-0.25, -0.2) is 4.79 Å². The van der Waals surface area contributed by atoms with Gasteiger partial charge in [-0.1, -0.05) is 48.5 Å². The summed E-state index contributed by atoms with van der Waals surface area (Å²) in [5, 5.41) is 0. The van der Waals surface area contributed by atoms with Crippen LogP contribution in [0.4, 0.5) is 18.0 Å². The average molecular weight is 410 g/mol. The van der Waals surface area contributed by atoms with Gasteiger partial charge >= 0.3 is 12.3 Å². The first-order valence-corrected chi connectivity index (χ1v) is 9.23. The SMILES string of the molecule is O=C(OCc1ccccc1)N1C=Cc2cccnc2C1c1ccc(C(F)(F)F)cc1. The van der Waals surface area contributed by atoms with Crippen molar-refractivity contribution in [2.45, 2.75) is 18.8 Å². The summed E-state index contributed by atoms with van der Waals surface area (Å²) in [6.45, 7) is 0.0822. The zero-order valence-corrected chi connectivity index (χ0v) is 15.7. The van der Waals surface area contributed by atoms with E-state index in [0.717, 1.165) is 23.3 Å². The van der Waals surface area contributed by atoms with Crippen LogP contribution < -0.4 is 0 Å². The largest absolute Gasteiger partial charge is 0.444 e. The first kappa shape index (κ1) is 19.7. The number of nitrogens with zero attached hydrogens (tertiary/aromatic N) is 2. The molecule has 0 spiro atoms. The maximum Gasteiger partial charge on any atom is 0.416 e. The van der Waals surface area contributed by atoms with Crippen molar-refractivity contribution in [3.05, 3.63) is 107 Å². The number of pyridine rings is 1. The van der Waals surface area contributed by atoms with Crippen LogP contribution in [0.5, 0.6) is 0 Å². The summed E-state index contributed by atoms with van der Waals surface area (Å²) in [6, 6.07) is 16.9. The van der Waals surface area contributed by atoms with Crippen molar-refractivity contribution in [1.29, 1.82) is 0 Å². The number of alkyl halides is 3. The Morgan fingerprint density at radius 1 is 1.00 bits per heavy atom. The molecule has 4 rings (SSSR count). The van der Waals surface area contributed by atoms with Crippen molar-refractivity contribution in [3.8, 4) is 0 Å². The van der Waals surface area contributed by atoms with Crippen molar-refractivity contribution in [2.75, 3.05) is 0 Å². The van der Waals surface area contributed by atoms with Crippen LogP contribution in [-0.2, 0) is 17.5 Å². The lowest BCUT2D eigenvalue weighted by atomic mass is 9.95. The van der Waals surface area contributed by atoms with E-state index < -0.39 is 23.9 Å². The molecule has 2 aromatic carbocycles. The summed E-state index contributed by atoms with van der Waals surface area (Å²) in [6.07, 6.45) is -0.166. The summed E-state index contributed by atoms with van der Waals surface area (Å²) < 4.78 is 44.3. The number of ether oxygens (including phenoxy) is 1. The Kier molecular flexibility index (Phi) is 5.27. The van der Waals surface area contributed by atoms with Crippen LogP contribution in [0.1, 0.15) is 34.0 Å². The molecule has 0 aliphatic carbocycles. The molecule has 0 N–H and O–H groups in total. The highest BCUT2D eigenvalue weighted by molar-refractivity contribution is 5.74. The van der Waals surface area contributed by atoms with E-state index in [-0.39, 0.29) is 6.61 Å². The number of hydrogen-bond donors (Lipinski definition) is 0. The van der Waals surface area contributed by atoms with Gasteiger partial charge in [0.2, 0.25) is 0 Å². The second kappa shape index (κ2) is 8.02. The van der Waals surface area contributed by atoms with E-state index in [1.807, 2.05) is 36.4 Å². The Labute approximate surface area is 171 Å². The molecular formula is C23H17F3N2O2. The number of halogens is 3. The molecule has 1 unspecified atom stereocenters. The van der Waals surface area contributed by atoms with Gasteiger partial charge in [-0.2, -0.15) is 13.2 Å². The number of benzene rings is 2. The fraction of sp³-hybridized carbons (Fsp3) is 0.130. The molecule has 0 saturated carbocycles. The van der Waals surface area contributed by atoms with Gasteiger partial charge in [0.05, 0.1) is 11.3 Å². The second-order valence-electron chi connectivity index (χ2n) is 6.76. The molecule has 152 valence electrons. The Morgan fingerprint density at radius 2 is 1.73 bits per heavy atom. The number of carbonyl (C=O) groups excluding carboxylic acids is 1. The fourth-order valence-corrected chi connectivity index (χ4v) is 3.31. The van der Waals surface area contributed by atoms with Gasteiger partial charge < -0.3 is 4.74 Å². The molecule has 1 aliphatic rings. The van der Waals surface area contributed by atoms with Gasteiger partial charge in [0, 0.05) is 12.4 Å². The summed E-state index contributed by atoms with van der Waals surface area (Å²) >= 11 is 0. The van der Waals surface area contributed by atoms with Crippen LogP contribution in [0.2, 0.25) is 0 Å². The predicted molar refractivity (Wildman–Crippen MR) is 105 cm³/mol. The molecule has 2 heterocycles. The molecule has 1 amide bonds. The minimum atomic E-state index is -4.44. The summed E-state index contributed by atoms with van der Waals surface area (Å²) in [5.41, 5.74) is 1.93. The Morgan fingerprint density at radius 3 is 2.43 bits per heavy atom. The zero-order chi connectivity index (χ0) is 21.1. The monoisotopic (exact) mass is 410 g/mol. The molecule has 4 nitrogen and oxygen atoms in total. The zero-order valence-electron chi connectivity index (χ0n) is 15.7. The van der Waals surface area contributed by atoms with Crippen molar-refractivity contribution < 1.29 is 22.7 Å². The van der Waals surface area contributed by atoms with Gasteiger partial charge in [0.1, 0.15) is 12.6 Å². The minimum Gasteiger partial charge on any atom is -0.444 e. The number of carbonyl (C=O) groups is 1. The number of amides is 1. The number of aromatic nitrogens is 1. The van der Waals surface area contributed by atoms with Crippen LogP contribution in [-0.4, -0.2) is 16.0 Å². The fourth-order valence-electron chi connectivity index (χ4n) is 3.31. The maximum absolute atomic E-state index is 13.0. The molecule has 0 fully saturated rings. The standard InChI is InChI=1S/C23H17F3N2O2/c24-23(25,26)19-10-8-18(9-11-19)21-20-17(7-4-13-27-20)12-14-28(21)22(29)30-15-16-5-2-1-3-6-16/h1-14,21H,15H2. The average Bonchev–Trinajstić information content (AvgIpc) is 2.77. The van der Waals surface area contributed by atoms with Crippen LogP contribution in [0, 0.1) is 0 Å². The highest BCUT2D eigenvalue weighted by Gasteiger charge is 2.34. The Hall–Kier alpha value is -3.61. The lowest BCUT2D eigenvalue weighted by molar-refractivity contribution is -0.137. The maximum atomic E-state index is 13.0. The second-order valence-corrected chi connectivity index (χ2v) is 6.76. The first-order valence-electron chi connectivity index (χ1n) is 9.23. The highest BCUT2D eigenvalue weighted by Crippen LogP contribution is 2.36. The molecule has 3 aromatic rings. The first-order chi connectivity index (χ1) is 14.4. The molecule has 0 saturated heterocycles. The molecular weight excluding hydrogens is 393 g/mol. The van der Waals surface area contributed by atoms with E-state index >= 15 is 0 Å². The number of hydrogen-bond acceptors (Lipinski definition) is 3. The third-order valence-electron chi connectivity index (χ3n) is 4.79. The molecule has 7 heteroatoms. The van der Waals surface area contributed by atoms with E-state index in [0.29, 0.717) is 11.3 Å². The van der Waals surface area contributed by atoms with Gasteiger partial charge in [0.15, 0.2) is 0 Å². The van der Waals surface area contributed by atoms with Crippen molar-refractivity contribution in [1.82, 2.24) is 9.88 Å². The van der Waals surface area contributed by atoms with E-state index in [4.69, 9.17) is 4.74 Å². The molecule has 30 heavy (non-hydrogen) atoms. The molecule has 1 atom stereocenters. The van der Waals surface area contributed by atoms with Crippen LogP contribution in [0.3, 0.4) is 0 Å². The normalized spacial score (nSPS) is 15.6. The van der Waals surface area contributed by atoms with E-state index in [1.54, 1.807) is 24.5 Å². The van der Waals surface area contributed by atoms with Gasteiger partial charge in [0.25, 0.3) is 0 Å². The van der Waals surface area contributed by atoms with Crippen molar-refractivity contribution in [3.63, 3.8) is 0 Å².